The lowest BCUT2D eigenvalue weighted by Crippen LogP contribution is -2.32. The molecule has 0 radical (unpaired) electrons. The highest BCUT2D eigenvalue weighted by Crippen LogP contribution is 2.25. The third kappa shape index (κ3) is 4.66. The van der Waals surface area contributed by atoms with Gasteiger partial charge in [-0.3, -0.25) is 0 Å². The van der Waals surface area contributed by atoms with E-state index in [1.54, 1.807) is 0 Å². The number of sulfonamides is 2. The third-order valence-corrected chi connectivity index (χ3v) is 5.57. The summed E-state index contributed by atoms with van der Waals surface area (Å²) in [5.41, 5.74) is 0. The van der Waals surface area contributed by atoms with Gasteiger partial charge in [0.05, 0.1) is 6.42 Å². The van der Waals surface area contributed by atoms with Gasteiger partial charge in [0.25, 0.3) is 0 Å². The normalized spacial score (nSPS) is 13.6. The molecule has 0 spiro atoms. The van der Waals surface area contributed by atoms with E-state index in [1.807, 2.05) is 0 Å². The summed E-state index contributed by atoms with van der Waals surface area (Å²) in [6.45, 7) is -0.829. The van der Waals surface area contributed by atoms with E-state index >= 15 is 0 Å². The van der Waals surface area contributed by atoms with Crippen LogP contribution in [0.5, 0.6) is 0 Å². The Hall–Kier alpha value is -1.17. The van der Waals surface area contributed by atoms with E-state index < -0.39 is 49.0 Å². The molecule has 6 nitrogen and oxygen atoms in total. The van der Waals surface area contributed by atoms with E-state index in [0.717, 1.165) is 19.2 Å². The maximum atomic E-state index is 12.2. The van der Waals surface area contributed by atoms with Crippen LogP contribution < -0.4 is 5.14 Å². The number of halogens is 3. The molecule has 1 aromatic carbocycles. The molecule has 0 fully saturated rings. The number of benzene rings is 1. The largest absolute Gasteiger partial charge is 0.390 e. The first kappa shape index (κ1) is 17.9. The van der Waals surface area contributed by atoms with Gasteiger partial charge in [-0.2, -0.15) is 13.2 Å². The predicted molar refractivity (Wildman–Crippen MR) is 68.3 cm³/mol. The number of primary sulfonamides is 1. The molecule has 2 N–H and O–H groups in total. The van der Waals surface area contributed by atoms with Crippen molar-refractivity contribution < 1.29 is 30.0 Å². The second-order valence-corrected chi connectivity index (χ2v) is 7.73. The summed E-state index contributed by atoms with van der Waals surface area (Å²) in [5, 5.41) is 4.91. The summed E-state index contributed by atoms with van der Waals surface area (Å²) in [4.78, 5) is -1.32. The molecule has 21 heavy (non-hydrogen) atoms. The zero-order chi connectivity index (χ0) is 16.5. The highest BCUT2D eigenvalue weighted by Gasteiger charge is 2.32. The zero-order valence-electron chi connectivity index (χ0n) is 10.8. The molecule has 0 saturated carbocycles. The third-order valence-electron chi connectivity index (χ3n) is 2.55. The fourth-order valence-corrected chi connectivity index (χ4v) is 3.99. The number of nitrogens with two attached hydrogens (primary N) is 1. The molecule has 11 heteroatoms. The van der Waals surface area contributed by atoms with Crippen LogP contribution in [0.1, 0.15) is 6.42 Å². The van der Waals surface area contributed by atoms with Crippen molar-refractivity contribution in [2.24, 2.45) is 5.14 Å². The SMILES string of the molecule is CN(CCC(F)(F)F)S(=O)(=O)c1ccccc1S(N)(=O)=O. The lowest BCUT2D eigenvalue weighted by Gasteiger charge is -2.19. The second-order valence-electron chi connectivity index (χ2n) is 4.18. The van der Waals surface area contributed by atoms with Crippen LogP contribution in [0.15, 0.2) is 34.1 Å². The minimum absolute atomic E-state index is 0.435. The van der Waals surface area contributed by atoms with E-state index in [-0.39, 0.29) is 0 Å². The molecular formula is C10H13F3N2O4S2. The molecule has 0 aliphatic heterocycles. The molecular weight excluding hydrogens is 333 g/mol. The number of hydrogen-bond donors (Lipinski definition) is 1. The van der Waals surface area contributed by atoms with Crippen molar-refractivity contribution in [3.05, 3.63) is 24.3 Å². The number of nitrogens with zero attached hydrogens (tertiary/aromatic N) is 1. The Balaban J connectivity index is 3.21. The van der Waals surface area contributed by atoms with Crippen LogP contribution >= 0.6 is 0 Å². The molecule has 0 heterocycles. The minimum Gasteiger partial charge on any atom is -0.225 e. The van der Waals surface area contributed by atoms with Crippen LogP contribution in [0, 0.1) is 0 Å². The molecule has 1 rings (SSSR count). The van der Waals surface area contributed by atoms with Crippen molar-refractivity contribution in [2.45, 2.75) is 22.4 Å². The van der Waals surface area contributed by atoms with Gasteiger partial charge >= 0.3 is 6.18 Å². The van der Waals surface area contributed by atoms with Gasteiger partial charge in [0.1, 0.15) is 9.79 Å². The van der Waals surface area contributed by atoms with Crippen LogP contribution in [0.4, 0.5) is 13.2 Å². The van der Waals surface area contributed by atoms with Gasteiger partial charge in [0, 0.05) is 13.6 Å². The van der Waals surface area contributed by atoms with Crippen molar-refractivity contribution in [1.29, 1.82) is 0 Å². The van der Waals surface area contributed by atoms with Gasteiger partial charge in [-0.05, 0) is 12.1 Å². The molecule has 0 aromatic heterocycles. The summed E-state index contributed by atoms with van der Waals surface area (Å²) in [7, 11) is -7.79. The summed E-state index contributed by atoms with van der Waals surface area (Å²) in [5.74, 6) is 0. The van der Waals surface area contributed by atoms with Gasteiger partial charge < -0.3 is 0 Å². The molecule has 0 amide bonds. The lowest BCUT2D eigenvalue weighted by molar-refractivity contribution is -0.135. The van der Waals surface area contributed by atoms with E-state index in [9.17, 15) is 30.0 Å². The van der Waals surface area contributed by atoms with Gasteiger partial charge in [0.2, 0.25) is 20.0 Å². The molecule has 0 aliphatic carbocycles. The fraction of sp³-hybridized carbons (Fsp3) is 0.400. The minimum atomic E-state index is -4.52. The van der Waals surface area contributed by atoms with E-state index in [4.69, 9.17) is 5.14 Å². The van der Waals surface area contributed by atoms with Crippen molar-refractivity contribution >= 4 is 20.0 Å². The van der Waals surface area contributed by atoms with Gasteiger partial charge in [-0.25, -0.2) is 26.3 Å². The molecule has 120 valence electrons. The highest BCUT2D eigenvalue weighted by molar-refractivity contribution is 7.92. The Morgan fingerprint density at radius 3 is 2.00 bits per heavy atom. The summed E-state index contributed by atoms with van der Waals surface area (Å²) >= 11 is 0. The van der Waals surface area contributed by atoms with E-state index in [0.29, 0.717) is 4.31 Å². The highest BCUT2D eigenvalue weighted by atomic mass is 32.2. The summed E-state index contributed by atoms with van der Waals surface area (Å²) < 4.78 is 83.9. The number of alkyl halides is 3. The monoisotopic (exact) mass is 346 g/mol. The quantitative estimate of drug-likeness (QED) is 0.857. The Labute approximate surface area is 120 Å². The summed E-state index contributed by atoms with van der Waals surface area (Å²) in [6.07, 6.45) is -5.87. The first-order valence-corrected chi connectivity index (χ1v) is 8.49. The fourth-order valence-electron chi connectivity index (χ4n) is 1.47. The number of rotatable bonds is 5. The van der Waals surface area contributed by atoms with E-state index in [2.05, 4.69) is 0 Å². The topological polar surface area (TPSA) is 97.5 Å². The molecule has 1 aromatic rings. The molecule has 0 saturated heterocycles. The van der Waals surface area contributed by atoms with Gasteiger partial charge in [-0.15, -0.1) is 0 Å². The molecule has 0 aliphatic rings. The Morgan fingerprint density at radius 1 is 1.10 bits per heavy atom. The summed E-state index contributed by atoms with van der Waals surface area (Å²) in [6, 6.07) is 4.45. The van der Waals surface area contributed by atoms with Gasteiger partial charge in [0.15, 0.2) is 0 Å². The van der Waals surface area contributed by atoms with Crippen LogP contribution in [-0.2, 0) is 20.0 Å². The average molecular weight is 346 g/mol. The van der Waals surface area contributed by atoms with Gasteiger partial charge in [-0.1, -0.05) is 12.1 Å². The zero-order valence-corrected chi connectivity index (χ0v) is 12.5. The maximum Gasteiger partial charge on any atom is 0.390 e. The average Bonchev–Trinajstić information content (AvgIpc) is 2.34. The molecule has 0 atom stereocenters. The van der Waals surface area contributed by atoms with Crippen LogP contribution in [0.3, 0.4) is 0 Å². The Morgan fingerprint density at radius 2 is 1.57 bits per heavy atom. The Bertz CT molecular complexity index is 714. The maximum absolute atomic E-state index is 12.2. The van der Waals surface area contributed by atoms with Crippen LogP contribution in [-0.4, -0.2) is 40.9 Å². The van der Waals surface area contributed by atoms with Crippen molar-refractivity contribution in [3.63, 3.8) is 0 Å². The second kappa shape index (κ2) is 5.91. The standard InChI is InChI=1S/C10H13F3N2O4S2/c1-15(7-6-10(11,12)13)21(18,19)9-5-3-2-4-8(9)20(14,16)17/h2-5H,6-7H2,1H3,(H2,14,16,17). The van der Waals surface area contributed by atoms with Crippen LogP contribution in [0.25, 0.3) is 0 Å². The lowest BCUT2D eigenvalue weighted by atomic mass is 10.4. The van der Waals surface area contributed by atoms with E-state index in [1.165, 1.54) is 12.1 Å². The van der Waals surface area contributed by atoms with Crippen molar-refractivity contribution in [3.8, 4) is 0 Å². The predicted octanol–water partition coefficient (Wildman–Crippen LogP) is 0.907. The first-order chi connectivity index (χ1) is 9.36. The van der Waals surface area contributed by atoms with Crippen LogP contribution in [0.2, 0.25) is 0 Å². The van der Waals surface area contributed by atoms with Crippen molar-refractivity contribution in [2.75, 3.05) is 13.6 Å². The number of hydrogen-bond acceptors (Lipinski definition) is 4. The first-order valence-electron chi connectivity index (χ1n) is 5.50. The molecule has 0 unspecified atom stereocenters. The van der Waals surface area contributed by atoms with Crippen molar-refractivity contribution in [1.82, 2.24) is 4.31 Å². The smallest absolute Gasteiger partial charge is 0.225 e. The Kier molecular flexibility index (Phi) is 5.03. The molecule has 0 bridgehead atoms.